The molecule has 0 unspecified atom stereocenters. The Morgan fingerprint density at radius 2 is 2.04 bits per heavy atom. The first-order valence-electron chi connectivity index (χ1n) is 9.98. The number of hydrogen-bond acceptors (Lipinski definition) is 3. The van der Waals surface area contributed by atoms with Crippen LogP contribution in [0.3, 0.4) is 0 Å². The molecule has 4 rings (SSSR count). The fourth-order valence-corrected chi connectivity index (χ4v) is 4.33. The molecule has 1 aromatic heterocycles. The highest BCUT2D eigenvalue weighted by atomic mass is 35.5. The van der Waals surface area contributed by atoms with Gasteiger partial charge in [0.05, 0.1) is 21.8 Å². The van der Waals surface area contributed by atoms with Gasteiger partial charge in [-0.15, -0.1) is 0 Å². The van der Waals surface area contributed by atoms with Gasteiger partial charge in [-0.25, -0.2) is 0 Å². The Labute approximate surface area is 176 Å². The van der Waals surface area contributed by atoms with Crippen LogP contribution >= 0.6 is 23.2 Å². The number of rotatable bonds is 6. The van der Waals surface area contributed by atoms with E-state index in [1.165, 1.54) is 0 Å². The Kier molecular flexibility index (Phi) is 6.19. The summed E-state index contributed by atoms with van der Waals surface area (Å²) >= 11 is 12.2. The van der Waals surface area contributed by atoms with Crippen molar-refractivity contribution in [2.45, 2.75) is 38.3 Å². The van der Waals surface area contributed by atoms with E-state index < -0.39 is 0 Å². The van der Waals surface area contributed by atoms with Gasteiger partial charge in [0.15, 0.2) is 0 Å². The van der Waals surface area contributed by atoms with Crippen LogP contribution in [0.1, 0.15) is 43.0 Å². The van der Waals surface area contributed by atoms with Crippen LogP contribution in [0.5, 0.6) is 0 Å². The standard InChI is InChI=1S/C22H25Cl2N3O/c23-18-9-6-15(12-19(18)24)13-27-11-3-4-17(14-27)21(20-5-1-2-10-25-20)26-22(28)16-7-8-16/h1-2,5-6,9-10,12,16-17,21H,3-4,7-8,11,13-14H2,(H,26,28)/t17-,21+/m0/s1. The molecule has 1 aliphatic heterocycles. The van der Waals surface area contributed by atoms with Crippen LogP contribution in [0.4, 0.5) is 0 Å². The van der Waals surface area contributed by atoms with Gasteiger partial charge in [0.25, 0.3) is 0 Å². The van der Waals surface area contributed by atoms with Crippen LogP contribution in [-0.2, 0) is 11.3 Å². The first-order chi connectivity index (χ1) is 13.6. The van der Waals surface area contributed by atoms with Crippen molar-refractivity contribution in [3.8, 4) is 0 Å². The van der Waals surface area contributed by atoms with Crippen LogP contribution in [0.25, 0.3) is 0 Å². The number of benzene rings is 1. The number of nitrogens with zero attached hydrogens (tertiary/aromatic N) is 2. The molecule has 1 saturated carbocycles. The molecule has 1 N–H and O–H groups in total. The first kappa shape index (κ1) is 19.7. The molecule has 0 spiro atoms. The maximum atomic E-state index is 12.5. The lowest BCUT2D eigenvalue weighted by Crippen LogP contribution is -2.43. The summed E-state index contributed by atoms with van der Waals surface area (Å²) < 4.78 is 0. The summed E-state index contributed by atoms with van der Waals surface area (Å²) in [5.41, 5.74) is 2.12. The van der Waals surface area contributed by atoms with Crippen LogP contribution in [0.15, 0.2) is 42.6 Å². The zero-order valence-electron chi connectivity index (χ0n) is 15.8. The molecule has 2 fully saturated rings. The number of likely N-dealkylation sites (tertiary alicyclic amines) is 1. The fourth-order valence-electron chi connectivity index (χ4n) is 4.01. The third-order valence-electron chi connectivity index (χ3n) is 5.66. The van der Waals surface area contributed by atoms with Crippen molar-refractivity contribution >= 4 is 29.1 Å². The van der Waals surface area contributed by atoms with Crippen LogP contribution in [0.2, 0.25) is 10.0 Å². The smallest absolute Gasteiger partial charge is 0.223 e. The minimum atomic E-state index is -0.0362. The van der Waals surface area contributed by atoms with Crippen LogP contribution in [-0.4, -0.2) is 28.9 Å². The predicted octanol–water partition coefficient (Wildman–Crippen LogP) is 4.87. The van der Waals surface area contributed by atoms with E-state index in [1.807, 2.05) is 42.6 Å². The second-order valence-electron chi connectivity index (χ2n) is 7.90. The minimum Gasteiger partial charge on any atom is -0.347 e. The molecule has 6 heteroatoms. The average molecular weight is 418 g/mol. The van der Waals surface area contributed by atoms with Gasteiger partial charge in [-0.2, -0.15) is 0 Å². The highest BCUT2D eigenvalue weighted by Crippen LogP contribution is 2.34. The molecule has 0 radical (unpaired) electrons. The summed E-state index contributed by atoms with van der Waals surface area (Å²) in [7, 11) is 0. The molecule has 2 aliphatic rings. The molecule has 1 aromatic carbocycles. The van der Waals surface area contributed by atoms with Crippen molar-refractivity contribution in [3.63, 3.8) is 0 Å². The third kappa shape index (κ3) is 4.86. The zero-order valence-corrected chi connectivity index (χ0v) is 17.3. The molecule has 2 heterocycles. The molecule has 148 valence electrons. The summed E-state index contributed by atoms with van der Waals surface area (Å²) in [5.74, 6) is 0.716. The number of aromatic nitrogens is 1. The molecule has 2 atom stereocenters. The van der Waals surface area contributed by atoms with Gasteiger partial charge in [0.2, 0.25) is 5.91 Å². The van der Waals surface area contributed by atoms with E-state index in [1.54, 1.807) is 0 Å². The molecule has 0 bridgehead atoms. The molecule has 1 amide bonds. The van der Waals surface area contributed by atoms with Gasteiger partial charge < -0.3 is 5.32 Å². The van der Waals surface area contributed by atoms with E-state index in [-0.39, 0.29) is 17.9 Å². The lowest BCUT2D eigenvalue weighted by Gasteiger charge is -2.37. The minimum absolute atomic E-state index is 0.0362. The lowest BCUT2D eigenvalue weighted by molar-refractivity contribution is -0.123. The quantitative estimate of drug-likeness (QED) is 0.728. The molecule has 4 nitrogen and oxygen atoms in total. The number of carbonyl (C=O) groups is 1. The Hall–Kier alpha value is -1.62. The van der Waals surface area contributed by atoms with Crippen LogP contribution in [0, 0.1) is 11.8 Å². The number of nitrogens with one attached hydrogen (secondary N) is 1. The van der Waals surface area contributed by atoms with Crippen molar-refractivity contribution in [1.82, 2.24) is 15.2 Å². The van der Waals surface area contributed by atoms with Crippen molar-refractivity contribution in [1.29, 1.82) is 0 Å². The maximum absolute atomic E-state index is 12.5. The Morgan fingerprint density at radius 3 is 2.75 bits per heavy atom. The number of pyridine rings is 1. The Bertz CT molecular complexity index is 826. The van der Waals surface area contributed by atoms with Crippen molar-refractivity contribution in [3.05, 3.63) is 63.9 Å². The van der Waals surface area contributed by atoms with Gasteiger partial charge in [0, 0.05) is 25.2 Å². The normalized spacial score (nSPS) is 21.3. The van der Waals surface area contributed by atoms with Gasteiger partial charge in [-0.3, -0.25) is 14.7 Å². The van der Waals surface area contributed by atoms with E-state index in [9.17, 15) is 4.79 Å². The third-order valence-corrected chi connectivity index (χ3v) is 6.39. The Morgan fingerprint density at radius 1 is 1.18 bits per heavy atom. The molecule has 1 aliphatic carbocycles. The first-order valence-corrected chi connectivity index (χ1v) is 10.7. The van der Waals surface area contributed by atoms with Gasteiger partial charge in [0.1, 0.15) is 0 Å². The zero-order chi connectivity index (χ0) is 19.5. The average Bonchev–Trinajstić information content (AvgIpc) is 3.55. The predicted molar refractivity (Wildman–Crippen MR) is 112 cm³/mol. The van der Waals surface area contributed by atoms with Gasteiger partial charge in [-0.1, -0.05) is 35.3 Å². The summed E-state index contributed by atoms with van der Waals surface area (Å²) in [4.78, 5) is 19.5. The molecule has 1 saturated heterocycles. The molecule has 28 heavy (non-hydrogen) atoms. The topological polar surface area (TPSA) is 45.2 Å². The lowest BCUT2D eigenvalue weighted by atomic mass is 9.88. The van der Waals surface area contributed by atoms with Gasteiger partial charge >= 0.3 is 0 Å². The maximum Gasteiger partial charge on any atom is 0.223 e. The van der Waals surface area contributed by atoms with Gasteiger partial charge in [-0.05, 0) is 68.0 Å². The SMILES string of the molecule is O=C(N[C@@H](c1ccccn1)[C@H]1CCCN(Cc2ccc(Cl)c(Cl)c2)C1)C1CC1. The van der Waals surface area contributed by atoms with Crippen molar-refractivity contribution < 1.29 is 4.79 Å². The van der Waals surface area contributed by atoms with E-state index in [0.717, 1.165) is 56.6 Å². The molecular formula is C22H25Cl2N3O. The number of halogens is 2. The largest absolute Gasteiger partial charge is 0.347 e. The summed E-state index contributed by atoms with van der Waals surface area (Å²) in [6, 6.07) is 11.7. The second kappa shape index (κ2) is 8.81. The van der Waals surface area contributed by atoms with Crippen LogP contribution < -0.4 is 5.32 Å². The number of amides is 1. The number of carbonyl (C=O) groups excluding carboxylic acids is 1. The fraction of sp³-hybridized carbons (Fsp3) is 0.455. The monoisotopic (exact) mass is 417 g/mol. The van der Waals surface area contributed by atoms with E-state index in [0.29, 0.717) is 16.0 Å². The highest BCUT2D eigenvalue weighted by molar-refractivity contribution is 6.42. The molecular weight excluding hydrogens is 393 g/mol. The summed E-state index contributed by atoms with van der Waals surface area (Å²) in [6.45, 7) is 2.80. The van der Waals surface area contributed by atoms with E-state index >= 15 is 0 Å². The van der Waals surface area contributed by atoms with Crippen molar-refractivity contribution in [2.24, 2.45) is 11.8 Å². The number of piperidine rings is 1. The highest BCUT2D eigenvalue weighted by Gasteiger charge is 2.35. The number of hydrogen-bond donors (Lipinski definition) is 1. The summed E-state index contributed by atoms with van der Waals surface area (Å²) in [5, 5.41) is 4.48. The van der Waals surface area contributed by atoms with E-state index in [2.05, 4.69) is 15.2 Å². The van der Waals surface area contributed by atoms with Crippen molar-refractivity contribution in [2.75, 3.05) is 13.1 Å². The summed E-state index contributed by atoms with van der Waals surface area (Å²) in [6.07, 6.45) is 6.02. The molecule has 2 aromatic rings. The second-order valence-corrected chi connectivity index (χ2v) is 8.72. The van der Waals surface area contributed by atoms with E-state index in [4.69, 9.17) is 23.2 Å². The Balaban J connectivity index is 1.47.